The largest absolute Gasteiger partial charge is 0.327 e. The van der Waals surface area contributed by atoms with Crippen LogP contribution in [0.25, 0.3) is 0 Å². The molecule has 1 fully saturated rings. The Kier molecular flexibility index (Phi) is 3.19. The molecule has 78 valence electrons. The van der Waals surface area contributed by atoms with Crippen LogP contribution in [0.1, 0.15) is 36.4 Å². The van der Waals surface area contributed by atoms with Gasteiger partial charge in [-0.25, -0.2) is 4.98 Å². The Morgan fingerprint density at radius 2 is 2.43 bits per heavy atom. The Bertz CT molecular complexity index is 291. The van der Waals surface area contributed by atoms with Crippen LogP contribution in [-0.4, -0.2) is 11.0 Å². The van der Waals surface area contributed by atoms with Crippen molar-refractivity contribution in [1.29, 1.82) is 0 Å². The first-order chi connectivity index (χ1) is 6.74. The van der Waals surface area contributed by atoms with Gasteiger partial charge in [-0.2, -0.15) is 0 Å². The van der Waals surface area contributed by atoms with E-state index in [1.807, 2.05) is 6.92 Å². The van der Waals surface area contributed by atoms with Gasteiger partial charge in [-0.1, -0.05) is 12.8 Å². The molecule has 1 aromatic rings. The Morgan fingerprint density at radius 1 is 1.64 bits per heavy atom. The topological polar surface area (TPSA) is 38.9 Å². The fourth-order valence-corrected chi connectivity index (χ4v) is 2.55. The Labute approximate surface area is 89.5 Å². The van der Waals surface area contributed by atoms with E-state index in [9.17, 15) is 0 Å². The third-order valence-electron chi connectivity index (χ3n) is 2.75. The number of aromatic nitrogens is 1. The van der Waals surface area contributed by atoms with E-state index in [2.05, 4.69) is 10.4 Å². The van der Waals surface area contributed by atoms with Crippen LogP contribution < -0.4 is 5.73 Å². The number of aryl methyl sites for hydroxylation is 1. The first-order valence-corrected chi connectivity index (χ1v) is 6.28. The molecule has 1 atom stereocenters. The molecule has 2 N–H and O–H groups in total. The third-order valence-corrected chi connectivity index (χ3v) is 3.74. The van der Waals surface area contributed by atoms with Gasteiger partial charge in [0.2, 0.25) is 0 Å². The van der Waals surface area contributed by atoms with Crippen molar-refractivity contribution >= 4 is 11.3 Å². The number of nitrogens with zero attached hydrogens (tertiary/aromatic N) is 1. The summed E-state index contributed by atoms with van der Waals surface area (Å²) in [6, 6.07) is 0.321. The molecule has 0 saturated heterocycles. The molecule has 0 bridgehead atoms. The van der Waals surface area contributed by atoms with Crippen LogP contribution in [0, 0.1) is 12.8 Å². The summed E-state index contributed by atoms with van der Waals surface area (Å²) in [4.78, 5) is 4.43. The summed E-state index contributed by atoms with van der Waals surface area (Å²) in [5.74, 6) is 0.999. The van der Waals surface area contributed by atoms with E-state index < -0.39 is 0 Å². The van der Waals surface area contributed by atoms with Gasteiger partial charge >= 0.3 is 0 Å². The van der Waals surface area contributed by atoms with Crippen molar-refractivity contribution in [3.05, 3.63) is 16.1 Å². The van der Waals surface area contributed by atoms with Gasteiger partial charge in [0.25, 0.3) is 0 Å². The summed E-state index contributed by atoms with van der Waals surface area (Å²) < 4.78 is 0. The number of hydrogen-bond acceptors (Lipinski definition) is 3. The average molecular weight is 210 g/mol. The molecule has 0 amide bonds. The fourth-order valence-electron chi connectivity index (χ4n) is 1.68. The molecule has 1 aromatic heterocycles. The molecular weight excluding hydrogens is 192 g/mol. The van der Waals surface area contributed by atoms with E-state index in [-0.39, 0.29) is 0 Å². The highest BCUT2D eigenvalue weighted by atomic mass is 32.1. The van der Waals surface area contributed by atoms with Gasteiger partial charge in [0, 0.05) is 23.5 Å². The van der Waals surface area contributed by atoms with Crippen molar-refractivity contribution in [1.82, 2.24) is 4.98 Å². The first kappa shape index (κ1) is 10.1. The molecule has 3 heteroatoms. The first-order valence-electron chi connectivity index (χ1n) is 5.40. The molecule has 0 aromatic carbocycles. The number of thiazole rings is 1. The quantitative estimate of drug-likeness (QED) is 0.811. The lowest BCUT2D eigenvalue weighted by Gasteiger charge is -2.08. The molecule has 0 spiro atoms. The summed E-state index contributed by atoms with van der Waals surface area (Å²) in [5, 5.41) is 3.30. The van der Waals surface area contributed by atoms with Crippen LogP contribution in [0.3, 0.4) is 0 Å². The molecular formula is C11H18N2S. The van der Waals surface area contributed by atoms with Crippen LogP contribution >= 0.6 is 11.3 Å². The summed E-state index contributed by atoms with van der Waals surface area (Å²) >= 11 is 1.74. The summed E-state index contributed by atoms with van der Waals surface area (Å²) in [6.45, 7) is 2.04. The summed E-state index contributed by atoms with van der Waals surface area (Å²) in [6.07, 6.45) is 6.33. The molecule has 2 rings (SSSR count). The monoisotopic (exact) mass is 210 g/mol. The summed E-state index contributed by atoms with van der Waals surface area (Å²) in [7, 11) is 0. The predicted octanol–water partition coefficient (Wildman–Crippen LogP) is 2.51. The highest BCUT2D eigenvalue weighted by molar-refractivity contribution is 7.09. The lowest BCUT2D eigenvalue weighted by Crippen LogP contribution is -2.22. The minimum atomic E-state index is 0.321. The lowest BCUT2D eigenvalue weighted by molar-refractivity contribution is 0.550. The smallest absolute Gasteiger partial charge is 0.0943 e. The van der Waals surface area contributed by atoms with Crippen molar-refractivity contribution < 1.29 is 0 Å². The second-order valence-electron chi connectivity index (χ2n) is 4.37. The number of nitrogens with two attached hydrogens (primary N) is 1. The van der Waals surface area contributed by atoms with Crippen LogP contribution in [0.2, 0.25) is 0 Å². The number of rotatable bonds is 5. The van der Waals surface area contributed by atoms with Crippen LogP contribution in [0.15, 0.2) is 5.38 Å². The minimum Gasteiger partial charge on any atom is -0.327 e. The van der Waals surface area contributed by atoms with Crippen molar-refractivity contribution in [2.75, 3.05) is 0 Å². The summed E-state index contributed by atoms with van der Waals surface area (Å²) in [5.41, 5.74) is 7.18. The van der Waals surface area contributed by atoms with Gasteiger partial charge in [0.1, 0.15) is 0 Å². The van der Waals surface area contributed by atoms with Crippen LogP contribution in [-0.2, 0) is 6.42 Å². The highest BCUT2D eigenvalue weighted by Crippen LogP contribution is 2.33. The molecule has 2 nitrogen and oxygen atoms in total. The second-order valence-corrected chi connectivity index (χ2v) is 5.31. The van der Waals surface area contributed by atoms with Crippen molar-refractivity contribution in [2.45, 2.75) is 45.1 Å². The Hall–Kier alpha value is -0.410. The molecule has 14 heavy (non-hydrogen) atoms. The van der Waals surface area contributed by atoms with E-state index in [4.69, 9.17) is 5.73 Å². The van der Waals surface area contributed by atoms with E-state index in [0.29, 0.717) is 6.04 Å². The molecule has 1 heterocycles. The van der Waals surface area contributed by atoms with E-state index in [1.54, 1.807) is 11.3 Å². The van der Waals surface area contributed by atoms with Crippen LogP contribution in [0.4, 0.5) is 0 Å². The zero-order valence-electron chi connectivity index (χ0n) is 8.70. The van der Waals surface area contributed by atoms with E-state index in [1.165, 1.54) is 30.7 Å². The molecule has 1 aliphatic carbocycles. The van der Waals surface area contributed by atoms with Gasteiger partial charge in [-0.15, -0.1) is 11.3 Å². The fraction of sp³-hybridized carbons (Fsp3) is 0.727. The van der Waals surface area contributed by atoms with E-state index >= 15 is 0 Å². The van der Waals surface area contributed by atoms with Gasteiger partial charge in [-0.05, 0) is 25.7 Å². The van der Waals surface area contributed by atoms with Gasteiger partial charge < -0.3 is 5.73 Å². The SMILES string of the molecule is Cc1csc(CC(N)CCC2CC2)n1. The van der Waals surface area contributed by atoms with Gasteiger partial charge in [0.15, 0.2) is 0 Å². The lowest BCUT2D eigenvalue weighted by atomic mass is 10.1. The Balaban J connectivity index is 1.72. The number of hydrogen-bond donors (Lipinski definition) is 1. The third kappa shape index (κ3) is 3.07. The zero-order valence-corrected chi connectivity index (χ0v) is 9.52. The zero-order chi connectivity index (χ0) is 9.97. The molecule has 0 aliphatic heterocycles. The molecule has 1 aliphatic rings. The van der Waals surface area contributed by atoms with Gasteiger partial charge in [-0.3, -0.25) is 0 Å². The normalized spacial score (nSPS) is 18.4. The van der Waals surface area contributed by atoms with Gasteiger partial charge in [0.05, 0.1) is 5.01 Å². The average Bonchev–Trinajstić information content (AvgIpc) is 2.88. The molecule has 1 saturated carbocycles. The predicted molar refractivity (Wildman–Crippen MR) is 60.5 cm³/mol. The second kappa shape index (κ2) is 4.41. The van der Waals surface area contributed by atoms with Crippen molar-refractivity contribution in [3.8, 4) is 0 Å². The standard InChI is InChI=1S/C11H18N2S/c1-8-7-14-11(13-8)6-10(12)5-4-9-2-3-9/h7,9-10H,2-6,12H2,1H3. The maximum absolute atomic E-state index is 6.06. The maximum Gasteiger partial charge on any atom is 0.0943 e. The minimum absolute atomic E-state index is 0.321. The van der Waals surface area contributed by atoms with Crippen molar-refractivity contribution in [2.24, 2.45) is 11.7 Å². The van der Waals surface area contributed by atoms with Crippen LogP contribution in [0.5, 0.6) is 0 Å². The van der Waals surface area contributed by atoms with Crippen molar-refractivity contribution in [3.63, 3.8) is 0 Å². The highest BCUT2D eigenvalue weighted by Gasteiger charge is 2.21. The maximum atomic E-state index is 6.06. The van der Waals surface area contributed by atoms with E-state index in [0.717, 1.165) is 18.0 Å². The molecule has 1 unspecified atom stereocenters. The Morgan fingerprint density at radius 3 is 3.00 bits per heavy atom. The molecule has 0 radical (unpaired) electrons.